The molecule has 0 aromatic heterocycles. The largest absolute Gasteiger partial charge is 0.493 e. The Balaban J connectivity index is 1.75. The highest BCUT2D eigenvalue weighted by molar-refractivity contribution is 6.07. The van der Waals surface area contributed by atoms with E-state index in [1.807, 2.05) is 30.3 Å². The first-order valence-electron chi connectivity index (χ1n) is 8.12. The number of hydrogen-bond acceptors (Lipinski definition) is 6. The first-order valence-corrected chi connectivity index (χ1v) is 8.12. The topological polar surface area (TPSA) is 69.5 Å². The minimum atomic E-state index is -0.0299. The van der Waals surface area contributed by atoms with Gasteiger partial charge in [0.05, 0.1) is 19.9 Å². The molecule has 130 valence electrons. The van der Waals surface area contributed by atoms with Crippen molar-refractivity contribution in [1.29, 1.82) is 0 Å². The quantitative estimate of drug-likeness (QED) is 0.685. The van der Waals surface area contributed by atoms with Crippen molar-refractivity contribution in [3.8, 4) is 23.0 Å². The van der Waals surface area contributed by atoms with E-state index in [0.29, 0.717) is 23.0 Å². The Morgan fingerprint density at radius 2 is 1.80 bits per heavy atom. The van der Waals surface area contributed by atoms with Gasteiger partial charge in [-0.15, -0.1) is 0 Å². The second-order valence-electron chi connectivity index (χ2n) is 6.05. The van der Waals surface area contributed by atoms with Crippen LogP contribution in [-0.2, 0) is 6.42 Å². The lowest BCUT2D eigenvalue weighted by molar-refractivity contribution is 0.174. The Bertz CT molecular complexity index is 846. The summed E-state index contributed by atoms with van der Waals surface area (Å²) >= 11 is 0. The number of hydrogen-bond donors (Lipinski definition) is 1. The van der Waals surface area contributed by atoms with Crippen molar-refractivity contribution < 1.29 is 24.2 Å². The van der Waals surface area contributed by atoms with Crippen LogP contribution < -0.4 is 18.9 Å². The lowest BCUT2D eigenvalue weighted by Crippen LogP contribution is -2.22. The van der Waals surface area contributed by atoms with Gasteiger partial charge in [-0.05, 0) is 48.2 Å². The molecule has 2 aromatic carbocycles. The number of ether oxygens (including phenoxy) is 4. The predicted molar refractivity (Wildman–Crippen MR) is 91.5 cm³/mol. The molecule has 0 bridgehead atoms. The molecule has 6 nitrogen and oxygen atoms in total. The summed E-state index contributed by atoms with van der Waals surface area (Å²) in [5, 5.41) is 13.3. The molecule has 1 aliphatic heterocycles. The summed E-state index contributed by atoms with van der Waals surface area (Å²) in [5.41, 5.74) is 3.66. The van der Waals surface area contributed by atoms with Crippen LogP contribution in [0.1, 0.15) is 29.0 Å². The summed E-state index contributed by atoms with van der Waals surface area (Å²) in [5.74, 6) is 2.74. The third kappa shape index (κ3) is 2.54. The zero-order valence-corrected chi connectivity index (χ0v) is 14.1. The molecule has 0 fully saturated rings. The number of rotatable bonds is 3. The monoisotopic (exact) mass is 341 g/mol. The second kappa shape index (κ2) is 6.20. The van der Waals surface area contributed by atoms with Crippen LogP contribution in [0.3, 0.4) is 0 Å². The summed E-state index contributed by atoms with van der Waals surface area (Å²) in [6, 6.07) is 9.67. The summed E-state index contributed by atoms with van der Waals surface area (Å²) in [7, 11) is 3.22. The van der Waals surface area contributed by atoms with Gasteiger partial charge in [-0.1, -0.05) is 11.2 Å². The third-order valence-electron chi connectivity index (χ3n) is 4.82. The van der Waals surface area contributed by atoms with Gasteiger partial charge in [-0.25, -0.2) is 0 Å². The molecule has 1 N–H and O–H groups in total. The van der Waals surface area contributed by atoms with Gasteiger partial charge in [0.2, 0.25) is 6.79 Å². The minimum absolute atomic E-state index is 0.0299. The zero-order valence-electron chi connectivity index (χ0n) is 14.1. The van der Waals surface area contributed by atoms with Gasteiger partial charge in [-0.3, -0.25) is 0 Å². The fraction of sp³-hybridized carbons (Fsp3) is 0.316. The van der Waals surface area contributed by atoms with Gasteiger partial charge in [0.1, 0.15) is 0 Å². The molecule has 1 aliphatic carbocycles. The van der Waals surface area contributed by atoms with E-state index >= 15 is 0 Å². The molecule has 0 unspecified atom stereocenters. The molecule has 2 aromatic rings. The Kier molecular flexibility index (Phi) is 3.87. The molecule has 0 saturated carbocycles. The molecule has 0 spiro atoms. The van der Waals surface area contributed by atoms with Crippen LogP contribution in [-0.4, -0.2) is 31.9 Å². The van der Waals surface area contributed by atoms with Crippen molar-refractivity contribution >= 4 is 5.71 Å². The summed E-state index contributed by atoms with van der Waals surface area (Å²) in [6.07, 6.45) is 1.70. The van der Waals surface area contributed by atoms with Crippen molar-refractivity contribution in [3.05, 3.63) is 47.0 Å². The Labute approximate surface area is 145 Å². The highest BCUT2D eigenvalue weighted by Gasteiger charge is 2.30. The van der Waals surface area contributed by atoms with Crippen molar-refractivity contribution in [2.24, 2.45) is 5.16 Å². The van der Waals surface area contributed by atoms with E-state index in [-0.39, 0.29) is 12.7 Å². The average molecular weight is 341 g/mol. The standard InChI is InChI=1S/C19H19NO5/c1-22-15-6-4-11(7-16(15)23-2)13-5-3-12-8-17-18(25-10-24-17)9-14(12)19(13)20-21/h4,6-9,13,21H,3,5,10H2,1-2H3/b20-19+/t13-/m0/s1. The van der Waals surface area contributed by atoms with Crippen LogP contribution in [0.4, 0.5) is 0 Å². The van der Waals surface area contributed by atoms with Crippen LogP contribution in [0.5, 0.6) is 23.0 Å². The summed E-state index contributed by atoms with van der Waals surface area (Å²) < 4.78 is 21.6. The predicted octanol–water partition coefficient (Wildman–Crippen LogP) is 3.34. The van der Waals surface area contributed by atoms with Crippen molar-refractivity contribution in [3.63, 3.8) is 0 Å². The molecule has 0 saturated heterocycles. The van der Waals surface area contributed by atoms with E-state index < -0.39 is 0 Å². The number of oxime groups is 1. The number of methoxy groups -OCH3 is 2. The highest BCUT2D eigenvalue weighted by Crippen LogP contribution is 2.42. The van der Waals surface area contributed by atoms with Gasteiger partial charge in [0.25, 0.3) is 0 Å². The Morgan fingerprint density at radius 1 is 1.04 bits per heavy atom. The molecule has 25 heavy (non-hydrogen) atoms. The SMILES string of the molecule is COc1ccc([C@@H]2CCc3cc4c(cc3/C2=N/O)OCO4)cc1OC. The van der Waals surface area contributed by atoms with Crippen molar-refractivity contribution in [2.75, 3.05) is 21.0 Å². The van der Waals surface area contributed by atoms with E-state index in [9.17, 15) is 5.21 Å². The summed E-state index contributed by atoms with van der Waals surface area (Å²) in [6.45, 7) is 0.225. The molecule has 6 heteroatoms. The van der Waals surface area contributed by atoms with Crippen molar-refractivity contribution in [1.82, 2.24) is 0 Å². The molecule has 0 radical (unpaired) electrons. The first-order chi connectivity index (χ1) is 12.2. The van der Waals surface area contributed by atoms with E-state index in [4.69, 9.17) is 18.9 Å². The maximum absolute atomic E-state index is 9.71. The molecule has 2 aliphatic rings. The molecule has 4 rings (SSSR count). The maximum atomic E-state index is 9.71. The molecule has 1 atom stereocenters. The first kappa shape index (κ1) is 15.6. The third-order valence-corrected chi connectivity index (χ3v) is 4.82. The van der Waals surface area contributed by atoms with E-state index in [2.05, 4.69) is 5.16 Å². The van der Waals surface area contributed by atoms with Gasteiger partial charge < -0.3 is 24.2 Å². The highest BCUT2D eigenvalue weighted by atomic mass is 16.7. The van der Waals surface area contributed by atoms with Gasteiger partial charge >= 0.3 is 0 Å². The second-order valence-corrected chi connectivity index (χ2v) is 6.05. The fourth-order valence-corrected chi connectivity index (χ4v) is 3.57. The van der Waals surface area contributed by atoms with Gasteiger partial charge in [-0.2, -0.15) is 0 Å². The van der Waals surface area contributed by atoms with Crippen LogP contribution in [0, 0.1) is 0 Å². The van der Waals surface area contributed by atoms with Gasteiger partial charge in [0.15, 0.2) is 23.0 Å². The lowest BCUT2D eigenvalue weighted by atomic mass is 9.78. The number of nitrogens with zero attached hydrogens (tertiary/aromatic N) is 1. The van der Waals surface area contributed by atoms with Crippen LogP contribution in [0.25, 0.3) is 0 Å². The average Bonchev–Trinajstić information content (AvgIpc) is 3.12. The Hall–Kier alpha value is -2.89. The normalized spacial score (nSPS) is 19.6. The molecular weight excluding hydrogens is 322 g/mol. The van der Waals surface area contributed by atoms with E-state index in [1.54, 1.807) is 14.2 Å². The molecule has 0 amide bonds. The zero-order chi connectivity index (χ0) is 17.4. The Morgan fingerprint density at radius 3 is 2.52 bits per heavy atom. The van der Waals surface area contributed by atoms with E-state index in [1.165, 1.54) is 0 Å². The van der Waals surface area contributed by atoms with Crippen LogP contribution in [0.2, 0.25) is 0 Å². The van der Waals surface area contributed by atoms with Crippen LogP contribution in [0.15, 0.2) is 35.5 Å². The lowest BCUT2D eigenvalue weighted by Gasteiger charge is -2.26. The smallest absolute Gasteiger partial charge is 0.231 e. The molecular formula is C19H19NO5. The summed E-state index contributed by atoms with van der Waals surface area (Å²) in [4.78, 5) is 0. The van der Waals surface area contributed by atoms with Crippen molar-refractivity contribution in [2.45, 2.75) is 18.8 Å². The fourth-order valence-electron chi connectivity index (χ4n) is 3.57. The molecule has 1 heterocycles. The number of benzene rings is 2. The number of aryl methyl sites for hydroxylation is 1. The van der Waals surface area contributed by atoms with Gasteiger partial charge in [0, 0.05) is 11.5 Å². The number of fused-ring (bicyclic) bond motifs is 2. The minimum Gasteiger partial charge on any atom is -0.493 e. The van der Waals surface area contributed by atoms with E-state index in [0.717, 1.165) is 35.3 Å². The van der Waals surface area contributed by atoms with Crippen LogP contribution >= 0.6 is 0 Å². The maximum Gasteiger partial charge on any atom is 0.231 e.